The minimum Gasteiger partial charge on any atom is -0.493 e. The molecular weight excluding hydrogens is 310 g/mol. The third kappa shape index (κ3) is 2.60. The predicted octanol–water partition coefficient (Wildman–Crippen LogP) is 4.05. The van der Waals surface area contributed by atoms with Crippen LogP contribution in [0, 0.1) is 5.41 Å². The highest BCUT2D eigenvalue weighted by molar-refractivity contribution is 6.32. The normalized spacial score (nSPS) is 30.3. The second kappa shape index (κ2) is 5.18. The first-order valence-electron chi connectivity index (χ1n) is 8.11. The molecule has 0 aliphatic heterocycles. The zero-order valence-corrected chi connectivity index (χ0v) is 13.7. The maximum Gasteiger partial charge on any atom is 0.211 e. The fourth-order valence-electron chi connectivity index (χ4n) is 3.97. The van der Waals surface area contributed by atoms with Crippen molar-refractivity contribution in [3.63, 3.8) is 0 Å². The lowest BCUT2D eigenvalue weighted by Gasteiger charge is -2.50. The van der Waals surface area contributed by atoms with Gasteiger partial charge in [0.1, 0.15) is 5.52 Å². The van der Waals surface area contributed by atoms with Crippen LogP contribution in [0.2, 0.25) is 5.02 Å². The van der Waals surface area contributed by atoms with E-state index in [-0.39, 0.29) is 16.8 Å². The van der Waals surface area contributed by atoms with Crippen molar-refractivity contribution in [1.29, 1.82) is 0 Å². The fourth-order valence-corrected chi connectivity index (χ4v) is 4.17. The molecular formula is C18H20ClN3O. The quantitative estimate of drug-likeness (QED) is 0.871. The Morgan fingerprint density at radius 2 is 1.83 bits per heavy atom. The van der Waals surface area contributed by atoms with Gasteiger partial charge in [-0.1, -0.05) is 23.8 Å². The van der Waals surface area contributed by atoms with Crippen LogP contribution in [0.4, 0.5) is 0 Å². The molecule has 4 nitrogen and oxygen atoms in total. The molecule has 5 heteroatoms. The lowest BCUT2D eigenvalue weighted by Crippen LogP contribution is -2.51. The van der Waals surface area contributed by atoms with Gasteiger partial charge < -0.3 is 10.8 Å². The molecule has 0 radical (unpaired) electrons. The summed E-state index contributed by atoms with van der Waals surface area (Å²) in [7, 11) is 0. The van der Waals surface area contributed by atoms with Gasteiger partial charge in [0.2, 0.25) is 5.88 Å². The van der Waals surface area contributed by atoms with Gasteiger partial charge in [0.05, 0.1) is 10.5 Å². The molecule has 0 unspecified atom stereocenters. The van der Waals surface area contributed by atoms with E-state index < -0.39 is 0 Å². The van der Waals surface area contributed by atoms with E-state index in [9.17, 15) is 5.11 Å². The summed E-state index contributed by atoms with van der Waals surface area (Å²) >= 11 is 6.34. The second-order valence-corrected chi connectivity index (χ2v) is 7.52. The minimum absolute atomic E-state index is 0.0161. The molecule has 3 N–H and O–H groups in total. The molecule has 23 heavy (non-hydrogen) atoms. The molecule has 2 heterocycles. The molecule has 5 rings (SSSR count). The maximum atomic E-state index is 9.67. The lowest BCUT2D eigenvalue weighted by molar-refractivity contribution is 0.0850. The largest absolute Gasteiger partial charge is 0.493 e. The lowest BCUT2D eigenvalue weighted by atomic mass is 9.57. The third-order valence-corrected chi connectivity index (χ3v) is 5.96. The van der Waals surface area contributed by atoms with Gasteiger partial charge in [-0.05, 0) is 50.0 Å². The van der Waals surface area contributed by atoms with Gasteiger partial charge in [-0.3, -0.25) is 4.98 Å². The van der Waals surface area contributed by atoms with Gasteiger partial charge in [0.15, 0.2) is 0 Å². The van der Waals surface area contributed by atoms with Crippen molar-refractivity contribution in [3.8, 4) is 5.88 Å². The highest BCUT2D eigenvalue weighted by atomic mass is 35.5. The van der Waals surface area contributed by atoms with Crippen LogP contribution < -0.4 is 5.73 Å². The molecule has 2 aromatic rings. The van der Waals surface area contributed by atoms with Crippen molar-refractivity contribution in [2.75, 3.05) is 0 Å². The van der Waals surface area contributed by atoms with Crippen molar-refractivity contribution in [1.82, 2.24) is 9.97 Å². The number of pyridine rings is 2. The number of hydrogen-bond acceptors (Lipinski definition) is 4. The molecule has 0 aromatic carbocycles. The van der Waals surface area contributed by atoms with Gasteiger partial charge in [0.25, 0.3) is 0 Å². The number of hydrogen-bond donors (Lipinski definition) is 2. The van der Waals surface area contributed by atoms with Crippen LogP contribution in [0.3, 0.4) is 0 Å². The van der Waals surface area contributed by atoms with Crippen LogP contribution in [0.1, 0.15) is 44.1 Å². The highest BCUT2D eigenvalue weighted by Crippen LogP contribution is 2.52. The summed E-state index contributed by atoms with van der Waals surface area (Å²) in [4.78, 5) is 8.48. The Bertz CT molecular complexity index is 772. The Morgan fingerprint density at radius 1 is 1.13 bits per heavy atom. The molecule has 120 valence electrons. The molecule has 3 aliphatic rings. The summed E-state index contributed by atoms with van der Waals surface area (Å²) in [5.74, 6) is -0.0161. The van der Waals surface area contributed by atoms with E-state index in [0.29, 0.717) is 10.5 Å². The summed E-state index contributed by atoms with van der Waals surface area (Å²) in [5.41, 5.74) is 8.90. The number of aromatic hydroxyl groups is 1. The number of aromatic nitrogens is 2. The smallest absolute Gasteiger partial charge is 0.211 e. The van der Waals surface area contributed by atoms with E-state index in [4.69, 9.17) is 17.3 Å². The molecule has 3 fully saturated rings. The van der Waals surface area contributed by atoms with Crippen LogP contribution in [0.25, 0.3) is 17.1 Å². The van der Waals surface area contributed by atoms with Crippen LogP contribution in [-0.4, -0.2) is 20.6 Å². The Morgan fingerprint density at radius 3 is 2.52 bits per heavy atom. The Balaban J connectivity index is 1.73. The number of nitrogens with zero attached hydrogens (tertiary/aromatic N) is 2. The van der Waals surface area contributed by atoms with Crippen molar-refractivity contribution in [2.24, 2.45) is 11.1 Å². The number of allylic oxidation sites excluding steroid dienone is 1. The zero-order valence-electron chi connectivity index (χ0n) is 12.9. The van der Waals surface area contributed by atoms with E-state index in [1.807, 2.05) is 0 Å². The number of halogens is 1. The van der Waals surface area contributed by atoms with Crippen LogP contribution >= 0.6 is 11.6 Å². The van der Waals surface area contributed by atoms with Gasteiger partial charge in [-0.15, -0.1) is 0 Å². The average molecular weight is 330 g/mol. The van der Waals surface area contributed by atoms with Crippen molar-refractivity contribution < 1.29 is 5.11 Å². The van der Waals surface area contributed by atoms with E-state index in [1.54, 1.807) is 18.3 Å². The summed E-state index contributed by atoms with van der Waals surface area (Å²) in [6, 6.07) is 3.30. The third-order valence-electron chi connectivity index (χ3n) is 5.65. The highest BCUT2D eigenvalue weighted by Gasteiger charge is 2.45. The molecule has 3 aliphatic carbocycles. The van der Waals surface area contributed by atoms with E-state index in [0.717, 1.165) is 49.6 Å². The van der Waals surface area contributed by atoms with E-state index in [1.165, 1.54) is 0 Å². The van der Waals surface area contributed by atoms with E-state index in [2.05, 4.69) is 22.1 Å². The summed E-state index contributed by atoms with van der Waals surface area (Å²) in [6.07, 6.45) is 12.7. The van der Waals surface area contributed by atoms with Crippen molar-refractivity contribution in [2.45, 2.75) is 44.1 Å². The van der Waals surface area contributed by atoms with Crippen molar-refractivity contribution >= 4 is 28.7 Å². The number of rotatable bonds is 2. The molecule has 0 atom stereocenters. The van der Waals surface area contributed by atoms with Crippen LogP contribution in [0.15, 0.2) is 24.4 Å². The van der Waals surface area contributed by atoms with Gasteiger partial charge in [-0.2, -0.15) is 0 Å². The Kier molecular flexibility index (Phi) is 3.36. The Labute approximate surface area is 140 Å². The van der Waals surface area contributed by atoms with Gasteiger partial charge in [-0.25, -0.2) is 4.98 Å². The first-order valence-corrected chi connectivity index (χ1v) is 8.49. The van der Waals surface area contributed by atoms with E-state index >= 15 is 0 Å². The molecule has 0 saturated heterocycles. The summed E-state index contributed by atoms with van der Waals surface area (Å²) in [6.45, 7) is 0. The first kappa shape index (κ1) is 14.9. The second-order valence-electron chi connectivity index (χ2n) is 7.12. The van der Waals surface area contributed by atoms with Crippen LogP contribution in [0.5, 0.6) is 5.88 Å². The minimum atomic E-state index is -0.0161. The average Bonchev–Trinajstić information content (AvgIpc) is 2.55. The maximum absolute atomic E-state index is 9.67. The van der Waals surface area contributed by atoms with Gasteiger partial charge >= 0.3 is 0 Å². The van der Waals surface area contributed by atoms with Crippen LogP contribution in [-0.2, 0) is 0 Å². The molecule has 0 amide bonds. The number of fused-ring (bicyclic) bond motifs is 4. The standard InChI is InChI=1S/C18H20ClN3O/c19-13-11-21-14-1-2-15(23)22-16(14)12(13)3-4-17-5-8-18(20,9-6-17)10-7-17/h1-4,11H,5-10,20H2,(H,22,23)/b4-3-. The summed E-state index contributed by atoms with van der Waals surface area (Å²) < 4.78 is 0. The fraction of sp³-hybridized carbons (Fsp3) is 0.444. The van der Waals surface area contributed by atoms with Crippen molar-refractivity contribution in [3.05, 3.63) is 35.0 Å². The zero-order chi connectivity index (χ0) is 16.1. The first-order chi connectivity index (χ1) is 11.0. The monoisotopic (exact) mass is 329 g/mol. The molecule has 0 spiro atoms. The SMILES string of the molecule is NC12CCC(/C=C\c3c(Cl)cnc4ccc(O)nc34)(CC1)CC2. The number of nitrogens with two attached hydrogens (primary N) is 1. The summed E-state index contributed by atoms with van der Waals surface area (Å²) in [5, 5.41) is 10.2. The molecule has 2 bridgehead atoms. The van der Waals surface area contributed by atoms with Gasteiger partial charge in [0, 0.05) is 23.4 Å². The molecule has 2 aromatic heterocycles. The Hall–Kier alpha value is -1.65. The molecule has 3 saturated carbocycles. The topological polar surface area (TPSA) is 72.0 Å². The predicted molar refractivity (Wildman–Crippen MR) is 92.3 cm³/mol.